The Hall–Kier alpha value is -2.15. The monoisotopic (exact) mass is 240 g/mol. The molecular formula is C10H12N2O5. The average Bonchev–Trinajstić information content (AvgIpc) is 2.29. The first kappa shape index (κ1) is 12.9. The Morgan fingerprint density at radius 3 is 2.71 bits per heavy atom. The van der Waals surface area contributed by atoms with Crippen molar-refractivity contribution in [3.05, 3.63) is 33.9 Å². The molecule has 0 aliphatic carbocycles. The smallest absolute Gasteiger partial charge is 0.312 e. The number of hydrogen-bond donors (Lipinski definition) is 2. The highest BCUT2D eigenvalue weighted by molar-refractivity contribution is 5.78. The molecule has 0 aromatic heterocycles. The molecule has 0 amide bonds. The molecule has 17 heavy (non-hydrogen) atoms. The van der Waals surface area contributed by atoms with E-state index in [2.05, 4.69) is 0 Å². The standard InChI is InChI=1S/C10H12N2O5/c1-17-6-2-3-9(12(15)16)7(4-6)8(5-11)10(13)14/h2-4,8H,5,11H2,1H3,(H,13,14). The second-order valence-corrected chi connectivity index (χ2v) is 3.31. The summed E-state index contributed by atoms with van der Waals surface area (Å²) in [5.74, 6) is -1.97. The van der Waals surface area contributed by atoms with Gasteiger partial charge in [0.25, 0.3) is 5.69 Å². The number of methoxy groups -OCH3 is 1. The van der Waals surface area contributed by atoms with Gasteiger partial charge in [-0.15, -0.1) is 0 Å². The maximum absolute atomic E-state index is 11.0. The topological polar surface area (TPSA) is 116 Å². The van der Waals surface area contributed by atoms with E-state index < -0.39 is 16.8 Å². The molecule has 0 bridgehead atoms. The Bertz CT molecular complexity index is 446. The number of hydrogen-bond acceptors (Lipinski definition) is 5. The lowest BCUT2D eigenvalue weighted by atomic mass is 9.97. The molecule has 1 aromatic carbocycles. The molecule has 1 rings (SSSR count). The Balaban J connectivity index is 3.34. The van der Waals surface area contributed by atoms with Crippen LogP contribution in [0, 0.1) is 10.1 Å². The van der Waals surface area contributed by atoms with Crippen LogP contribution in [-0.2, 0) is 4.79 Å². The van der Waals surface area contributed by atoms with Gasteiger partial charge in [0.15, 0.2) is 0 Å². The third kappa shape index (κ3) is 2.70. The minimum absolute atomic E-state index is 0.0457. The third-order valence-electron chi connectivity index (χ3n) is 2.34. The number of carboxylic acid groups (broad SMARTS) is 1. The first-order chi connectivity index (χ1) is 8.01. The molecule has 0 saturated carbocycles. The summed E-state index contributed by atoms with van der Waals surface area (Å²) in [6.07, 6.45) is 0. The molecule has 0 spiro atoms. The van der Waals surface area contributed by atoms with Crippen molar-refractivity contribution in [3.8, 4) is 5.75 Å². The van der Waals surface area contributed by atoms with Crippen LogP contribution in [-0.4, -0.2) is 29.7 Å². The lowest BCUT2D eigenvalue weighted by Gasteiger charge is -2.11. The highest BCUT2D eigenvalue weighted by atomic mass is 16.6. The number of nitro benzene ring substituents is 1. The number of nitrogens with two attached hydrogens (primary N) is 1. The first-order valence-corrected chi connectivity index (χ1v) is 4.76. The predicted octanol–water partition coefficient (Wildman–Crippen LogP) is 0.730. The Labute approximate surface area is 97.0 Å². The molecule has 1 aromatic rings. The first-order valence-electron chi connectivity index (χ1n) is 4.76. The molecule has 0 heterocycles. The van der Waals surface area contributed by atoms with Crippen LogP contribution >= 0.6 is 0 Å². The van der Waals surface area contributed by atoms with Crippen molar-refractivity contribution in [1.82, 2.24) is 0 Å². The van der Waals surface area contributed by atoms with Crippen LogP contribution in [0.4, 0.5) is 5.69 Å². The summed E-state index contributed by atoms with van der Waals surface area (Å²) in [5.41, 5.74) is 5.09. The van der Waals surface area contributed by atoms with Gasteiger partial charge < -0.3 is 15.6 Å². The van der Waals surface area contributed by atoms with Crippen molar-refractivity contribution in [3.63, 3.8) is 0 Å². The molecule has 0 saturated heterocycles. The normalized spacial score (nSPS) is 11.9. The van der Waals surface area contributed by atoms with E-state index in [1.54, 1.807) is 0 Å². The number of ether oxygens (including phenoxy) is 1. The van der Waals surface area contributed by atoms with E-state index in [1.807, 2.05) is 0 Å². The molecule has 3 N–H and O–H groups in total. The predicted molar refractivity (Wildman–Crippen MR) is 59.1 cm³/mol. The number of carbonyl (C=O) groups is 1. The van der Waals surface area contributed by atoms with Crippen LogP contribution in [0.25, 0.3) is 0 Å². The number of rotatable bonds is 5. The second kappa shape index (κ2) is 5.26. The number of aliphatic carboxylic acids is 1. The molecular weight excluding hydrogens is 228 g/mol. The number of nitrogens with zero attached hydrogens (tertiary/aromatic N) is 1. The summed E-state index contributed by atoms with van der Waals surface area (Å²) >= 11 is 0. The molecule has 0 radical (unpaired) electrons. The summed E-state index contributed by atoms with van der Waals surface area (Å²) in [6, 6.07) is 3.93. The zero-order valence-corrected chi connectivity index (χ0v) is 9.12. The number of nitro groups is 1. The largest absolute Gasteiger partial charge is 0.497 e. The summed E-state index contributed by atoms with van der Waals surface area (Å²) in [6.45, 7) is -0.219. The van der Waals surface area contributed by atoms with Gasteiger partial charge in [0.2, 0.25) is 0 Å². The fourth-order valence-electron chi connectivity index (χ4n) is 1.47. The van der Waals surface area contributed by atoms with Gasteiger partial charge in [-0.1, -0.05) is 0 Å². The third-order valence-corrected chi connectivity index (χ3v) is 2.34. The fourth-order valence-corrected chi connectivity index (χ4v) is 1.47. The van der Waals surface area contributed by atoms with Gasteiger partial charge in [0, 0.05) is 18.2 Å². The molecule has 0 aliphatic heterocycles. The van der Waals surface area contributed by atoms with Crippen LogP contribution in [0.1, 0.15) is 11.5 Å². The van der Waals surface area contributed by atoms with Crippen LogP contribution in [0.2, 0.25) is 0 Å². The second-order valence-electron chi connectivity index (χ2n) is 3.31. The van der Waals surface area contributed by atoms with E-state index in [1.165, 1.54) is 25.3 Å². The minimum Gasteiger partial charge on any atom is -0.497 e. The van der Waals surface area contributed by atoms with Crippen LogP contribution < -0.4 is 10.5 Å². The summed E-state index contributed by atoms with van der Waals surface area (Å²) in [7, 11) is 1.39. The molecule has 1 unspecified atom stereocenters. The van der Waals surface area contributed by atoms with Crippen LogP contribution in [0.5, 0.6) is 5.75 Å². The SMILES string of the molecule is COc1ccc([N+](=O)[O-])c(C(CN)C(=O)O)c1. The molecule has 7 heteroatoms. The average molecular weight is 240 g/mol. The number of carboxylic acids is 1. The van der Waals surface area contributed by atoms with Crippen molar-refractivity contribution in [1.29, 1.82) is 0 Å². The van der Waals surface area contributed by atoms with Crippen molar-refractivity contribution in [2.45, 2.75) is 5.92 Å². The van der Waals surface area contributed by atoms with Crippen molar-refractivity contribution < 1.29 is 19.6 Å². The van der Waals surface area contributed by atoms with E-state index in [0.29, 0.717) is 5.75 Å². The van der Waals surface area contributed by atoms with Crippen molar-refractivity contribution >= 4 is 11.7 Å². The van der Waals surface area contributed by atoms with Gasteiger partial charge in [-0.3, -0.25) is 14.9 Å². The quantitative estimate of drug-likeness (QED) is 0.579. The Morgan fingerprint density at radius 1 is 1.65 bits per heavy atom. The van der Waals surface area contributed by atoms with Gasteiger partial charge in [-0.05, 0) is 12.1 Å². The van der Waals surface area contributed by atoms with Crippen LogP contribution in [0.15, 0.2) is 18.2 Å². The number of benzene rings is 1. The van der Waals surface area contributed by atoms with E-state index >= 15 is 0 Å². The molecule has 7 nitrogen and oxygen atoms in total. The van der Waals surface area contributed by atoms with Gasteiger partial charge >= 0.3 is 5.97 Å². The van der Waals surface area contributed by atoms with Gasteiger partial charge in [-0.25, -0.2) is 0 Å². The summed E-state index contributed by atoms with van der Waals surface area (Å²) in [4.78, 5) is 21.1. The minimum atomic E-state index is -1.20. The molecule has 92 valence electrons. The maximum atomic E-state index is 11.0. The summed E-state index contributed by atoms with van der Waals surface area (Å²) in [5, 5.41) is 19.7. The lowest BCUT2D eigenvalue weighted by molar-refractivity contribution is -0.385. The fraction of sp³-hybridized carbons (Fsp3) is 0.300. The Kier molecular flexibility index (Phi) is 4.00. The summed E-state index contributed by atoms with van der Waals surface area (Å²) < 4.78 is 4.91. The van der Waals surface area contributed by atoms with E-state index in [9.17, 15) is 14.9 Å². The maximum Gasteiger partial charge on any atom is 0.312 e. The van der Waals surface area contributed by atoms with Gasteiger partial charge in [0.05, 0.1) is 12.0 Å². The Morgan fingerprint density at radius 2 is 2.29 bits per heavy atom. The highest BCUT2D eigenvalue weighted by Crippen LogP contribution is 2.30. The zero-order valence-electron chi connectivity index (χ0n) is 9.12. The molecule has 1 atom stereocenters. The van der Waals surface area contributed by atoms with Gasteiger partial charge in [0.1, 0.15) is 11.7 Å². The van der Waals surface area contributed by atoms with E-state index in [4.69, 9.17) is 15.6 Å². The molecule has 0 fully saturated rings. The lowest BCUT2D eigenvalue weighted by Crippen LogP contribution is -2.22. The zero-order chi connectivity index (χ0) is 13.0. The van der Waals surface area contributed by atoms with Crippen LogP contribution in [0.3, 0.4) is 0 Å². The van der Waals surface area contributed by atoms with E-state index in [-0.39, 0.29) is 17.8 Å². The van der Waals surface area contributed by atoms with Gasteiger partial charge in [-0.2, -0.15) is 0 Å². The molecule has 0 aliphatic rings. The van der Waals surface area contributed by atoms with Crippen molar-refractivity contribution in [2.75, 3.05) is 13.7 Å². The van der Waals surface area contributed by atoms with Crippen molar-refractivity contribution in [2.24, 2.45) is 5.73 Å². The highest BCUT2D eigenvalue weighted by Gasteiger charge is 2.27. The van der Waals surface area contributed by atoms with E-state index in [0.717, 1.165) is 0 Å².